The maximum absolute atomic E-state index is 12.4. The zero-order valence-electron chi connectivity index (χ0n) is 7.11. The molecule has 0 saturated heterocycles. The SMILES string of the molecule is N#Cc1cccc2c1ccn2C(F)F. The highest BCUT2D eigenvalue weighted by Gasteiger charge is 2.10. The summed E-state index contributed by atoms with van der Waals surface area (Å²) < 4.78 is 25.7. The smallest absolute Gasteiger partial charge is 0.291 e. The Kier molecular flexibility index (Phi) is 1.93. The molecule has 0 saturated carbocycles. The lowest BCUT2D eigenvalue weighted by Gasteiger charge is -2.02. The first kappa shape index (κ1) is 8.70. The first-order valence-electron chi connectivity index (χ1n) is 4.02. The van der Waals surface area contributed by atoms with Gasteiger partial charge in [-0.3, -0.25) is 4.57 Å². The Morgan fingerprint density at radius 2 is 2.07 bits per heavy atom. The molecular formula is C10H6F2N2. The molecule has 0 amide bonds. The van der Waals surface area contributed by atoms with E-state index in [4.69, 9.17) is 5.26 Å². The Balaban J connectivity index is 2.77. The van der Waals surface area contributed by atoms with Crippen LogP contribution in [0, 0.1) is 11.3 Å². The van der Waals surface area contributed by atoms with Crippen LogP contribution >= 0.6 is 0 Å². The van der Waals surface area contributed by atoms with Crippen LogP contribution in [0.2, 0.25) is 0 Å². The minimum Gasteiger partial charge on any atom is -0.291 e. The molecule has 0 aliphatic heterocycles. The topological polar surface area (TPSA) is 28.7 Å². The van der Waals surface area contributed by atoms with Crippen molar-refractivity contribution in [3.05, 3.63) is 36.0 Å². The third kappa shape index (κ3) is 1.14. The number of fused-ring (bicyclic) bond motifs is 1. The second kappa shape index (κ2) is 3.11. The van der Waals surface area contributed by atoms with Crippen LogP contribution in [0.3, 0.4) is 0 Å². The van der Waals surface area contributed by atoms with E-state index in [0.717, 1.165) is 4.57 Å². The van der Waals surface area contributed by atoms with Crippen molar-refractivity contribution in [3.63, 3.8) is 0 Å². The van der Waals surface area contributed by atoms with Gasteiger partial charge in [0.2, 0.25) is 0 Å². The number of nitrogens with zero attached hydrogens (tertiary/aromatic N) is 2. The molecule has 2 rings (SSSR count). The van der Waals surface area contributed by atoms with Gasteiger partial charge < -0.3 is 0 Å². The molecule has 0 fully saturated rings. The van der Waals surface area contributed by atoms with Gasteiger partial charge >= 0.3 is 6.55 Å². The monoisotopic (exact) mass is 192 g/mol. The van der Waals surface area contributed by atoms with Gasteiger partial charge in [-0.15, -0.1) is 0 Å². The first-order valence-corrected chi connectivity index (χ1v) is 4.02. The second-order valence-electron chi connectivity index (χ2n) is 2.85. The largest absolute Gasteiger partial charge is 0.319 e. The fourth-order valence-corrected chi connectivity index (χ4v) is 1.46. The molecule has 0 aliphatic carbocycles. The third-order valence-electron chi connectivity index (χ3n) is 2.09. The van der Waals surface area contributed by atoms with E-state index in [9.17, 15) is 8.78 Å². The van der Waals surface area contributed by atoms with Crippen LogP contribution in [0.4, 0.5) is 8.78 Å². The summed E-state index contributed by atoms with van der Waals surface area (Å²) in [5, 5.41) is 9.30. The van der Waals surface area contributed by atoms with Gasteiger partial charge in [0, 0.05) is 11.6 Å². The molecule has 4 heteroatoms. The van der Waals surface area contributed by atoms with Crippen molar-refractivity contribution in [3.8, 4) is 6.07 Å². The standard InChI is InChI=1S/C10H6F2N2/c11-10(12)14-5-4-8-7(6-13)2-1-3-9(8)14/h1-5,10H. The number of halogens is 2. The van der Waals surface area contributed by atoms with Gasteiger partial charge in [-0.2, -0.15) is 14.0 Å². The minimum absolute atomic E-state index is 0.388. The molecule has 0 spiro atoms. The first-order chi connectivity index (χ1) is 6.74. The number of nitriles is 1. The molecular weight excluding hydrogens is 186 g/mol. The predicted molar refractivity (Wildman–Crippen MR) is 47.9 cm³/mol. The van der Waals surface area contributed by atoms with E-state index < -0.39 is 6.55 Å². The third-order valence-corrected chi connectivity index (χ3v) is 2.09. The molecule has 0 bridgehead atoms. The molecule has 0 atom stereocenters. The number of alkyl halides is 2. The highest BCUT2D eigenvalue weighted by Crippen LogP contribution is 2.24. The van der Waals surface area contributed by atoms with Crippen LogP contribution < -0.4 is 0 Å². The van der Waals surface area contributed by atoms with Crippen LogP contribution in [0.1, 0.15) is 12.1 Å². The lowest BCUT2D eigenvalue weighted by molar-refractivity contribution is 0.0752. The Morgan fingerprint density at radius 3 is 2.71 bits per heavy atom. The van der Waals surface area contributed by atoms with Crippen molar-refractivity contribution < 1.29 is 8.78 Å². The van der Waals surface area contributed by atoms with Gasteiger partial charge in [-0.25, -0.2) is 0 Å². The summed E-state index contributed by atoms with van der Waals surface area (Å²) in [4.78, 5) is 0. The molecule has 14 heavy (non-hydrogen) atoms. The van der Waals surface area contributed by atoms with Crippen molar-refractivity contribution in [2.24, 2.45) is 0 Å². The quantitative estimate of drug-likeness (QED) is 0.682. The summed E-state index contributed by atoms with van der Waals surface area (Å²) in [5.41, 5.74) is 0.806. The minimum atomic E-state index is -2.57. The van der Waals surface area contributed by atoms with E-state index in [2.05, 4.69) is 0 Å². The van der Waals surface area contributed by atoms with Crippen LogP contribution in [0.15, 0.2) is 30.5 Å². The van der Waals surface area contributed by atoms with E-state index in [1.807, 2.05) is 6.07 Å². The molecule has 0 N–H and O–H groups in total. The zero-order chi connectivity index (χ0) is 10.1. The number of hydrogen-bond donors (Lipinski definition) is 0. The summed E-state index contributed by atoms with van der Waals surface area (Å²) in [6.45, 7) is -2.57. The molecule has 70 valence electrons. The van der Waals surface area contributed by atoms with Gasteiger partial charge in [-0.05, 0) is 18.2 Å². The lowest BCUT2D eigenvalue weighted by atomic mass is 10.1. The van der Waals surface area contributed by atoms with E-state index in [0.29, 0.717) is 16.5 Å². The van der Waals surface area contributed by atoms with Gasteiger partial charge in [0.1, 0.15) is 0 Å². The number of rotatable bonds is 1. The molecule has 1 aromatic heterocycles. The Morgan fingerprint density at radius 1 is 1.29 bits per heavy atom. The predicted octanol–water partition coefficient (Wildman–Crippen LogP) is 2.91. The van der Waals surface area contributed by atoms with Gasteiger partial charge in [-0.1, -0.05) is 6.07 Å². The summed E-state index contributed by atoms with van der Waals surface area (Å²) in [7, 11) is 0. The number of aromatic nitrogens is 1. The van der Waals surface area contributed by atoms with Crippen molar-refractivity contribution in [1.29, 1.82) is 5.26 Å². The average molecular weight is 192 g/mol. The molecule has 2 aromatic rings. The maximum Gasteiger partial charge on any atom is 0.319 e. The Labute approximate surface area is 79.0 Å². The van der Waals surface area contributed by atoms with Gasteiger partial charge in [0.15, 0.2) is 0 Å². The zero-order valence-corrected chi connectivity index (χ0v) is 7.11. The highest BCUT2D eigenvalue weighted by atomic mass is 19.3. The van der Waals surface area contributed by atoms with E-state index >= 15 is 0 Å². The molecule has 2 nitrogen and oxygen atoms in total. The van der Waals surface area contributed by atoms with Crippen LogP contribution in [-0.2, 0) is 0 Å². The van der Waals surface area contributed by atoms with Crippen molar-refractivity contribution >= 4 is 10.9 Å². The van der Waals surface area contributed by atoms with Crippen LogP contribution in [0.5, 0.6) is 0 Å². The highest BCUT2D eigenvalue weighted by molar-refractivity contribution is 5.86. The van der Waals surface area contributed by atoms with Crippen molar-refractivity contribution in [2.75, 3.05) is 0 Å². The fraction of sp³-hybridized carbons (Fsp3) is 0.100. The lowest BCUT2D eigenvalue weighted by Crippen LogP contribution is -1.94. The van der Waals surface area contributed by atoms with Gasteiger partial charge in [0.25, 0.3) is 0 Å². The van der Waals surface area contributed by atoms with Crippen LogP contribution in [0.25, 0.3) is 10.9 Å². The Bertz CT molecular complexity index is 508. The molecule has 0 aliphatic rings. The van der Waals surface area contributed by atoms with E-state index in [-0.39, 0.29) is 0 Å². The maximum atomic E-state index is 12.4. The summed E-state index contributed by atoms with van der Waals surface area (Å²) in [5.74, 6) is 0. The summed E-state index contributed by atoms with van der Waals surface area (Å²) in [6, 6.07) is 8.27. The summed E-state index contributed by atoms with van der Waals surface area (Å²) >= 11 is 0. The fourth-order valence-electron chi connectivity index (χ4n) is 1.46. The summed E-state index contributed by atoms with van der Waals surface area (Å²) in [6.07, 6.45) is 1.29. The van der Waals surface area contributed by atoms with E-state index in [1.54, 1.807) is 18.2 Å². The Hall–Kier alpha value is -1.89. The molecule has 1 aromatic carbocycles. The molecule has 0 unspecified atom stereocenters. The molecule has 1 heterocycles. The number of benzene rings is 1. The number of hydrogen-bond acceptors (Lipinski definition) is 1. The average Bonchev–Trinajstić information content (AvgIpc) is 2.60. The van der Waals surface area contributed by atoms with Crippen LogP contribution in [-0.4, -0.2) is 4.57 Å². The van der Waals surface area contributed by atoms with Crippen molar-refractivity contribution in [2.45, 2.75) is 6.55 Å². The van der Waals surface area contributed by atoms with E-state index in [1.165, 1.54) is 12.3 Å². The van der Waals surface area contributed by atoms with Crippen molar-refractivity contribution in [1.82, 2.24) is 4.57 Å². The van der Waals surface area contributed by atoms with Gasteiger partial charge in [0.05, 0.1) is 17.1 Å². The normalized spacial score (nSPS) is 10.7. The molecule has 0 radical (unpaired) electrons. The second-order valence-corrected chi connectivity index (χ2v) is 2.85.